The average molecular weight is 402 g/mol. The highest BCUT2D eigenvalue weighted by Crippen LogP contribution is 2.39. The van der Waals surface area contributed by atoms with E-state index in [1.165, 1.54) is 19.0 Å². The fourth-order valence-corrected chi connectivity index (χ4v) is 6.04. The molecule has 0 radical (unpaired) electrons. The molecule has 2 fully saturated rings. The van der Waals surface area contributed by atoms with E-state index in [1.54, 1.807) is 23.5 Å². The molecule has 0 bridgehead atoms. The van der Waals surface area contributed by atoms with Crippen LogP contribution in [0.25, 0.3) is 0 Å². The monoisotopic (exact) mass is 401 g/mol. The maximum Gasteiger partial charge on any atom is 0.191 e. The standard InChI is InChI=1S/C20H35NO3S2/c1-13(2)16-9-8-14(3)11-17(16)23-19(22)20-24-18(12-25-20)26-15(4)7-5-6-10-21/h5-7,10,13-20,22H,8-9,11-12,21H2,1-4H3/b7-5-,10-6-/t14?,15?,16-,17?,18?,19?,20?/m0/s1. The van der Waals surface area contributed by atoms with Gasteiger partial charge in [-0.3, -0.25) is 0 Å². The highest BCUT2D eigenvalue weighted by molar-refractivity contribution is 8.04. The summed E-state index contributed by atoms with van der Waals surface area (Å²) in [5, 5.41) is 10.9. The smallest absolute Gasteiger partial charge is 0.191 e. The summed E-state index contributed by atoms with van der Waals surface area (Å²) < 4.78 is 12.2. The van der Waals surface area contributed by atoms with Crippen LogP contribution in [-0.4, -0.2) is 39.4 Å². The molecular weight excluding hydrogens is 366 g/mol. The number of ether oxygens (including phenoxy) is 2. The van der Waals surface area contributed by atoms with Crippen molar-refractivity contribution in [2.75, 3.05) is 5.75 Å². The summed E-state index contributed by atoms with van der Waals surface area (Å²) in [6, 6.07) is 0. The Morgan fingerprint density at radius 3 is 2.73 bits per heavy atom. The molecule has 0 aromatic rings. The maximum absolute atomic E-state index is 10.6. The first-order chi connectivity index (χ1) is 12.4. The van der Waals surface area contributed by atoms with Gasteiger partial charge in [0.2, 0.25) is 0 Å². The molecule has 150 valence electrons. The van der Waals surface area contributed by atoms with Gasteiger partial charge in [-0.2, -0.15) is 0 Å². The lowest BCUT2D eigenvalue weighted by molar-refractivity contribution is -0.198. The Balaban J connectivity index is 1.81. The number of nitrogens with two attached hydrogens (primary N) is 1. The zero-order chi connectivity index (χ0) is 19.1. The Hall–Kier alpha value is -0.140. The number of hydrogen-bond donors (Lipinski definition) is 2. The fraction of sp³-hybridized carbons (Fsp3) is 0.800. The molecule has 1 heterocycles. The van der Waals surface area contributed by atoms with Gasteiger partial charge in [0.05, 0.1) is 6.10 Å². The highest BCUT2D eigenvalue weighted by Gasteiger charge is 2.38. The zero-order valence-corrected chi connectivity index (χ0v) is 18.0. The highest BCUT2D eigenvalue weighted by atomic mass is 32.2. The van der Waals surface area contributed by atoms with Crippen LogP contribution in [0.4, 0.5) is 0 Å². The molecule has 2 rings (SSSR count). The van der Waals surface area contributed by atoms with E-state index in [9.17, 15) is 5.11 Å². The van der Waals surface area contributed by atoms with Crippen molar-refractivity contribution in [3.05, 3.63) is 24.4 Å². The molecule has 1 saturated carbocycles. The summed E-state index contributed by atoms with van der Waals surface area (Å²) in [7, 11) is 0. The third-order valence-electron chi connectivity index (χ3n) is 5.16. The van der Waals surface area contributed by atoms with Crippen molar-refractivity contribution in [3.63, 3.8) is 0 Å². The van der Waals surface area contributed by atoms with E-state index in [0.717, 1.165) is 12.2 Å². The zero-order valence-electron chi connectivity index (χ0n) is 16.4. The summed E-state index contributed by atoms with van der Waals surface area (Å²) in [6.07, 6.45) is 10.2. The van der Waals surface area contributed by atoms with Crippen molar-refractivity contribution in [3.8, 4) is 0 Å². The van der Waals surface area contributed by atoms with Gasteiger partial charge in [-0.15, -0.1) is 23.5 Å². The van der Waals surface area contributed by atoms with Gasteiger partial charge in [-0.25, -0.2) is 0 Å². The topological polar surface area (TPSA) is 64.7 Å². The van der Waals surface area contributed by atoms with Gasteiger partial charge in [-0.05, 0) is 49.8 Å². The number of aliphatic hydroxyl groups excluding tert-OH is 1. The molecule has 6 unspecified atom stereocenters. The van der Waals surface area contributed by atoms with Crippen LogP contribution in [0.15, 0.2) is 24.4 Å². The summed E-state index contributed by atoms with van der Waals surface area (Å²) in [5.74, 6) is 2.64. The van der Waals surface area contributed by atoms with Crippen molar-refractivity contribution < 1.29 is 14.6 Å². The number of hydrogen-bond acceptors (Lipinski definition) is 6. The molecule has 7 atom stereocenters. The van der Waals surface area contributed by atoms with Crippen LogP contribution in [0.2, 0.25) is 0 Å². The van der Waals surface area contributed by atoms with Crippen LogP contribution in [0, 0.1) is 17.8 Å². The fourth-order valence-electron chi connectivity index (χ4n) is 3.71. The first-order valence-electron chi connectivity index (χ1n) is 9.71. The minimum atomic E-state index is -0.854. The Morgan fingerprint density at radius 1 is 1.27 bits per heavy atom. The first kappa shape index (κ1) is 22.2. The Labute approximate surface area is 167 Å². The molecule has 6 heteroatoms. The number of allylic oxidation sites excluding steroid dienone is 2. The number of rotatable bonds is 8. The van der Waals surface area contributed by atoms with Crippen LogP contribution in [0.1, 0.15) is 47.0 Å². The first-order valence-corrected chi connectivity index (χ1v) is 11.7. The van der Waals surface area contributed by atoms with E-state index in [0.29, 0.717) is 23.0 Å². The van der Waals surface area contributed by atoms with Crippen LogP contribution in [0.5, 0.6) is 0 Å². The van der Waals surface area contributed by atoms with E-state index in [4.69, 9.17) is 15.2 Å². The van der Waals surface area contributed by atoms with Crippen LogP contribution < -0.4 is 5.73 Å². The predicted octanol–water partition coefficient (Wildman–Crippen LogP) is 4.35. The second kappa shape index (κ2) is 11.0. The van der Waals surface area contributed by atoms with E-state index in [2.05, 4.69) is 33.8 Å². The van der Waals surface area contributed by atoms with Crippen LogP contribution in [-0.2, 0) is 9.47 Å². The minimum absolute atomic E-state index is 0.0796. The summed E-state index contributed by atoms with van der Waals surface area (Å²) in [4.78, 5) is 0. The van der Waals surface area contributed by atoms with E-state index in [-0.39, 0.29) is 17.0 Å². The maximum atomic E-state index is 10.6. The Bertz CT molecular complexity index is 472. The molecule has 2 aliphatic rings. The molecule has 0 aromatic carbocycles. The molecule has 1 saturated heterocycles. The summed E-state index contributed by atoms with van der Waals surface area (Å²) in [6.45, 7) is 8.93. The second-order valence-corrected chi connectivity index (χ2v) is 10.4. The van der Waals surface area contributed by atoms with Gasteiger partial charge in [0, 0.05) is 11.0 Å². The molecule has 0 spiro atoms. The molecule has 1 aliphatic heterocycles. The van der Waals surface area contributed by atoms with Crippen molar-refractivity contribution in [1.82, 2.24) is 0 Å². The molecular formula is C20H35NO3S2. The lowest BCUT2D eigenvalue weighted by atomic mass is 9.75. The Kier molecular flexibility index (Phi) is 9.38. The van der Waals surface area contributed by atoms with Crippen molar-refractivity contribution in [2.45, 2.75) is 75.5 Å². The van der Waals surface area contributed by atoms with E-state index < -0.39 is 6.29 Å². The lowest BCUT2D eigenvalue weighted by Gasteiger charge is -2.38. The van der Waals surface area contributed by atoms with Crippen molar-refractivity contribution in [1.29, 1.82) is 0 Å². The SMILES string of the molecule is CC1CC[C@@H](C(C)C)C(OC(O)C2OC(SC(C)/C=C\C=C/N)CS2)C1. The van der Waals surface area contributed by atoms with E-state index >= 15 is 0 Å². The van der Waals surface area contributed by atoms with Crippen LogP contribution in [0.3, 0.4) is 0 Å². The van der Waals surface area contributed by atoms with E-state index in [1.807, 2.05) is 12.2 Å². The number of aliphatic hydroxyl groups is 1. The summed E-state index contributed by atoms with van der Waals surface area (Å²) >= 11 is 3.41. The van der Waals surface area contributed by atoms with Gasteiger partial charge in [0.1, 0.15) is 5.44 Å². The Morgan fingerprint density at radius 2 is 2.04 bits per heavy atom. The quantitative estimate of drug-likeness (QED) is 0.466. The molecule has 0 amide bonds. The third-order valence-corrected chi connectivity index (χ3v) is 7.71. The molecule has 26 heavy (non-hydrogen) atoms. The largest absolute Gasteiger partial charge is 0.405 e. The predicted molar refractivity (Wildman–Crippen MR) is 113 cm³/mol. The van der Waals surface area contributed by atoms with Gasteiger partial charge in [0.15, 0.2) is 11.7 Å². The molecule has 3 N–H and O–H groups in total. The van der Waals surface area contributed by atoms with Gasteiger partial charge >= 0.3 is 0 Å². The van der Waals surface area contributed by atoms with Gasteiger partial charge in [0.25, 0.3) is 0 Å². The average Bonchev–Trinajstić information content (AvgIpc) is 3.03. The molecule has 4 nitrogen and oxygen atoms in total. The van der Waals surface area contributed by atoms with Crippen molar-refractivity contribution in [2.24, 2.45) is 23.5 Å². The third kappa shape index (κ3) is 6.79. The second-order valence-electron chi connectivity index (χ2n) is 7.77. The normalized spacial score (nSPS) is 35.5. The van der Waals surface area contributed by atoms with Gasteiger partial charge in [-0.1, -0.05) is 39.3 Å². The number of thioether (sulfide) groups is 2. The lowest BCUT2D eigenvalue weighted by Crippen LogP contribution is -2.40. The molecule has 1 aliphatic carbocycles. The molecule has 0 aromatic heterocycles. The van der Waals surface area contributed by atoms with Crippen LogP contribution >= 0.6 is 23.5 Å². The minimum Gasteiger partial charge on any atom is -0.405 e. The van der Waals surface area contributed by atoms with Crippen molar-refractivity contribution >= 4 is 23.5 Å². The van der Waals surface area contributed by atoms with Gasteiger partial charge < -0.3 is 20.3 Å². The summed E-state index contributed by atoms with van der Waals surface area (Å²) in [5.41, 5.74) is 5.12.